The van der Waals surface area contributed by atoms with E-state index >= 15 is 0 Å². The molecule has 0 radical (unpaired) electrons. The Balaban J connectivity index is 0.00000243. The summed E-state index contributed by atoms with van der Waals surface area (Å²) in [5.74, 6) is 1.52. The molecule has 3 rings (SSSR count). The van der Waals surface area contributed by atoms with Gasteiger partial charge in [-0.05, 0) is 48.7 Å². The van der Waals surface area contributed by atoms with Crippen LogP contribution >= 0.6 is 12.4 Å². The van der Waals surface area contributed by atoms with Crippen LogP contribution in [0.4, 0.5) is 0 Å². The number of hydrogen-bond donors (Lipinski definition) is 1. The zero-order valence-electron chi connectivity index (χ0n) is 15.5. The van der Waals surface area contributed by atoms with Crippen LogP contribution in [0.2, 0.25) is 0 Å². The molecule has 2 N–H and O–H groups in total. The summed E-state index contributed by atoms with van der Waals surface area (Å²) in [7, 11) is 1.67. The fourth-order valence-corrected chi connectivity index (χ4v) is 3.26. The van der Waals surface area contributed by atoms with Gasteiger partial charge < -0.3 is 15.2 Å². The summed E-state index contributed by atoms with van der Waals surface area (Å²) in [5.41, 5.74) is 8.41. The van der Waals surface area contributed by atoms with E-state index in [9.17, 15) is 0 Å². The maximum atomic E-state index is 5.98. The number of halogens is 1. The smallest absolute Gasteiger partial charge is 0.161 e. The second-order valence-corrected chi connectivity index (χ2v) is 7.11. The van der Waals surface area contributed by atoms with Crippen LogP contribution in [0.25, 0.3) is 0 Å². The van der Waals surface area contributed by atoms with Crippen molar-refractivity contribution in [2.75, 3.05) is 26.7 Å². The Bertz CT molecular complexity index is 699. The third-order valence-corrected chi connectivity index (χ3v) is 4.88. The predicted octanol–water partition coefficient (Wildman–Crippen LogP) is 3.26. The Kier molecular flexibility index (Phi) is 7.26. The van der Waals surface area contributed by atoms with Crippen LogP contribution in [0.15, 0.2) is 42.7 Å². The molecule has 1 unspecified atom stereocenters. The van der Waals surface area contributed by atoms with E-state index in [1.54, 1.807) is 13.3 Å². The molecular weight excluding hydrogens is 350 g/mol. The first kappa shape index (κ1) is 20.5. The minimum absolute atomic E-state index is 0. The highest BCUT2D eigenvalue weighted by molar-refractivity contribution is 5.85. The van der Waals surface area contributed by atoms with Gasteiger partial charge >= 0.3 is 0 Å². The minimum atomic E-state index is 0. The summed E-state index contributed by atoms with van der Waals surface area (Å²) in [6, 6.07) is 10.1. The van der Waals surface area contributed by atoms with E-state index < -0.39 is 0 Å². The fraction of sp³-hybridized carbons (Fsp3) is 0.450. The van der Waals surface area contributed by atoms with Gasteiger partial charge in [0, 0.05) is 31.0 Å². The first-order chi connectivity index (χ1) is 12.1. The van der Waals surface area contributed by atoms with E-state index in [0.717, 1.165) is 49.7 Å². The fourth-order valence-electron chi connectivity index (χ4n) is 3.26. The van der Waals surface area contributed by atoms with Crippen molar-refractivity contribution in [3.8, 4) is 11.5 Å². The van der Waals surface area contributed by atoms with E-state index in [1.165, 1.54) is 5.56 Å². The van der Waals surface area contributed by atoms with Crippen LogP contribution in [0.5, 0.6) is 11.5 Å². The molecule has 0 aliphatic carbocycles. The maximum Gasteiger partial charge on any atom is 0.161 e. The van der Waals surface area contributed by atoms with Gasteiger partial charge in [-0.3, -0.25) is 9.88 Å². The monoisotopic (exact) mass is 377 g/mol. The lowest BCUT2D eigenvalue weighted by atomic mass is 9.90. The van der Waals surface area contributed by atoms with Crippen LogP contribution in [-0.4, -0.2) is 36.6 Å². The molecule has 1 aliphatic rings. The third kappa shape index (κ3) is 5.10. The van der Waals surface area contributed by atoms with Gasteiger partial charge in [-0.25, -0.2) is 0 Å². The maximum absolute atomic E-state index is 5.98. The van der Waals surface area contributed by atoms with Crippen LogP contribution < -0.4 is 15.2 Å². The molecule has 1 saturated heterocycles. The molecule has 1 aliphatic heterocycles. The van der Waals surface area contributed by atoms with Crippen molar-refractivity contribution in [2.45, 2.75) is 26.5 Å². The van der Waals surface area contributed by atoms with Gasteiger partial charge in [-0.1, -0.05) is 19.1 Å². The summed E-state index contributed by atoms with van der Waals surface area (Å²) in [4.78, 5) is 6.58. The van der Waals surface area contributed by atoms with Crippen molar-refractivity contribution in [2.24, 2.45) is 11.1 Å². The average Bonchev–Trinajstić information content (AvgIpc) is 3.02. The van der Waals surface area contributed by atoms with Gasteiger partial charge in [-0.2, -0.15) is 0 Å². The van der Waals surface area contributed by atoms with Crippen molar-refractivity contribution in [3.63, 3.8) is 0 Å². The molecule has 2 aromatic rings. The summed E-state index contributed by atoms with van der Waals surface area (Å²) in [6.07, 6.45) is 4.73. The van der Waals surface area contributed by atoms with Crippen molar-refractivity contribution in [1.29, 1.82) is 0 Å². The summed E-state index contributed by atoms with van der Waals surface area (Å²) < 4.78 is 11.4. The van der Waals surface area contributed by atoms with Crippen LogP contribution in [-0.2, 0) is 13.2 Å². The lowest BCUT2D eigenvalue weighted by Gasteiger charge is -2.23. The summed E-state index contributed by atoms with van der Waals surface area (Å²) in [6.45, 7) is 6.52. The topological polar surface area (TPSA) is 60.6 Å². The van der Waals surface area contributed by atoms with Gasteiger partial charge in [0.25, 0.3) is 0 Å². The Labute approximate surface area is 161 Å². The van der Waals surface area contributed by atoms with Crippen LogP contribution in [0, 0.1) is 5.41 Å². The second-order valence-electron chi connectivity index (χ2n) is 7.11. The molecule has 1 aromatic carbocycles. The molecule has 0 saturated carbocycles. The molecule has 1 aromatic heterocycles. The number of ether oxygens (including phenoxy) is 2. The van der Waals surface area contributed by atoms with Gasteiger partial charge in [-0.15, -0.1) is 12.4 Å². The summed E-state index contributed by atoms with van der Waals surface area (Å²) >= 11 is 0. The zero-order chi connectivity index (χ0) is 17.7. The molecule has 2 heterocycles. The molecule has 142 valence electrons. The Morgan fingerprint density at radius 1 is 1.23 bits per heavy atom. The Morgan fingerprint density at radius 2 is 2.08 bits per heavy atom. The van der Waals surface area contributed by atoms with E-state index in [-0.39, 0.29) is 17.8 Å². The van der Waals surface area contributed by atoms with Crippen molar-refractivity contribution in [1.82, 2.24) is 9.88 Å². The number of nitrogens with zero attached hydrogens (tertiary/aromatic N) is 2. The van der Waals surface area contributed by atoms with Crippen LogP contribution in [0.3, 0.4) is 0 Å². The number of benzene rings is 1. The quantitative estimate of drug-likeness (QED) is 0.802. The molecule has 0 spiro atoms. The molecule has 26 heavy (non-hydrogen) atoms. The molecule has 1 atom stereocenters. The molecule has 5 nitrogen and oxygen atoms in total. The van der Waals surface area contributed by atoms with E-state index in [2.05, 4.69) is 28.9 Å². The number of pyridine rings is 1. The summed E-state index contributed by atoms with van der Waals surface area (Å²) in [5, 5.41) is 0. The molecule has 0 amide bonds. The standard InChI is InChI=1S/C20H27N3O2.ClH/c1-20(14-21)7-9-23(15-20)12-16-5-6-18(24-2)19(10-16)25-13-17-4-3-8-22-11-17;/h3-6,8,10-11H,7,9,12-15,21H2,1-2H3;1H. The number of likely N-dealkylation sites (tertiary alicyclic amines) is 1. The number of rotatable bonds is 7. The molecule has 0 bridgehead atoms. The van der Waals surface area contributed by atoms with E-state index in [1.807, 2.05) is 24.4 Å². The van der Waals surface area contributed by atoms with Crippen molar-refractivity contribution < 1.29 is 9.47 Å². The van der Waals surface area contributed by atoms with Gasteiger partial charge in [0.1, 0.15) is 6.61 Å². The van der Waals surface area contributed by atoms with Crippen molar-refractivity contribution in [3.05, 3.63) is 53.9 Å². The third-order valence-electron chi connectivity index (χ3n) is 4.88. The zero-order valence-corrected chi connectivity index (χ0v) is 16.3. The predicted molar refractivity (Wildman–Crippen MR) is 106 cm³/mol. The SMILES string of the molecule is COc1ccc(CN2CCC(C)(CN)C2)cc1OCc1cccnc1.Cl. The van der Waals surface area contributed by atoms with Crippen molar-refractivity contribution >= 4 is 12.4 Å². The second kappa shape index (κ2) is 9.21. The first-order valence-electron chi connectivity index (χ1n) is 8.73. The Hall–Kier alpha value is -1.82. The van der Waals surface area contributed by atoms with Gasteiger partial charge in [0.15, 0.2) is 11.5 Å². The molecule has 6 heteroatoms. The molecule has 1 fully saturated rings. The molecular formula is C20H28ClN3O2. The van der Waals surface area contributed by atoms with E-state index in [4.69, 9.17) is 15.2 Å². The number of nitrogens with two attached hydrogens (primary N) is 1. The lowest BCUT2D eigenvalue weighted by Crippen LogP contribution is -2.31. The Morgan fingerprint density at radius 3 is 2.73 bits per heavy atom. The van der Waals surface area contributed by atoms with E-state index in [0.29, 0.717) is 6.61 Å². The largest absolute Gasteiger partial charge is 0.493 e. The lowest BCUT2D eigenvalue weighted by molar-refractivity contribution is 0.270. The number of methoxy groups -OCH3 is 1. The number of hydrogen-bond acceptors (Lipinski definition) is 5. The van der Waals surface area contributed by atoms with Gasteiger partial charge in [0.05, 0.1) is 7.11 Å². The first-order valence-corrected chi connectivity index (χ1v) is 8.73. The van der Waals surface area contributed by atoms with Gasteiger partial charge in [0.2, 0.25) is 0 Å². The normalized spacial score (nSPS) is 19.8. The highest BCUT2D eigenvalue weighted by Gasteiger charge is 2.32. The highest BCUT2D eigenvalue weighted by Crippen LogP contribution is 2.32. The number of aromatic nitrogens is 1. The highest BCUT2D eigenvalue weighted by atomic mass is 35.5. The minimum Gasteiger partial charge on any atom is -0.493 e. The average molecular weight is 378 g/mol. The van der Waals surface area contributed by atoms with Crippen LogP contribution in [0.1, 0.15) is 24.5 Å².